The van der Waals surface area contributed by atoms with Crippen LogP contribution in [0.25, 0.3) is 17.0 Å². The first-order valence-corrected chi connectivity index (χ1v) is 13.0. The van der Waals surface area contributed by atoms with Crippen LogP contribution < -0.4 is 20.7 Å². The van der Waals surface area contributed by atoms with Crippen LogP contribution in [-0.4, -0.2) is 109 Å². The molecule has 0 saturated carbocycles. The van der Waals surface area contributed by atoms with E-state index in [1.807, 2.05) is 19.0 Å². The number of aliphatic imine (C=N–C) groups is 2. The first-order chi connectivity index (χ1) is 19.3. The predicted octanol–water partition coefficient (Wildman–Crippen LogP) is 1.13. The van der Waals surface area contributed by atoms with Crippen LogP contribution >= 0.6 is 0 Å². The second-order valence-electron chi connectivity index (χ2n) is 9.81. The highest BCUT2D eigenvalue weighted by molar-refractivity contribution is 5.93. The number of aromatic nitrogens is 5. The minimum atomic E-state index is -2.90. The Morgan fingerprint density at radius 3 is 2.60 bits per heavy atom. The lowest BCUT2D eigenvalue weighted by molar-refractivity contribution is 0.122. The summed E-state index contributed by atoms with van der Waals surface area (Å²) in [5, 5.41) is 3.20. The number of guanidine groups is 1. The molecule has 1 fully saturated rings. The van der Waals surface area contributed by atoms with Crippen LogP contribution in [-0.2, 0) is 10.3 Å². The summed E-state index contributed by atoms with van der Waals surface area (Å²) in [4.78, 5) is 31.0. The summed E-state index contributed by atoms with van der Waals surface area (Å²) in [6.45, 7) is 3.74. The van der Waals surface area contributed by atoms with E-state index in [0.717, 1.165) is 13.0 Å². The highest BCUT2D eigenvalue weighted by Gasteiger charge is 2.34. The van der Waals surface area contributed by atoms with E-state index < -0.39 is 17.8 Å². The Balaban J connectivity index is 1.55. The SMILES string of the molecule is COc1cccc2c1nc(C(F)F)n2-c1nc(N2CCOCC2)nc(C2(N)C=NC(NCCCN(C)C)=NC2)n1. The molecule has 0 aliphatic carbocycles. The molecule has 0 bridgehead atoms. The average Bonchev–Trinajstić information content (AvgIpc) is 3.37. The molecular weight excluding hydrogens is 524 g/mol. The third-order valence-corrected chi connectivity index (χ3v) is 6.58. The van der Waals surface area contributed by atoms with Gasteiger partial charge in [0.2, 0.25) is 17.9 Å². The fraction of sp³-hybridized carbons (Fsp3) is 0.520. The number of halogens is 2. The number of nitrogens with zero attached hydrogens (tertiary/aromatic N) is 9. The molecule has 13 nitrogen and oxygen atoms in total. The molecule has 1 unspecified atom stereocenters. The first-order valence-electron chi connectivity index (χ1n) is 13.0. The number of hydrogen-bond acceptors (Lipinski definition) is 12. The van der Waals surface area contributed by atoms with Crippen LogP contribution in [0.2, 0.25) is 0 Å². The first kappa shape index (κ1) is 27.7. The van der Waals surface area contributed by atoms with Gasteiger partial charge in [0.25, 0.3) is 6.43 Å². The molecule has 2 aliphatic rings. The summed E-state index contributed by atoms with van der Waals surface area (Å²) in [6, 6.07) is 5.01. The molecule has 1 saturated heterocycles. The van der Waals surface area contributed by atoms with Gasteiger partial charge in [-0.3, -0.25) is 4.57 Å². The molecule has 1 aromatic carbocycles. The molecule has 2 aliphatic heterocycles. The van der Waals surface area contributed by atoms with E-state index in [9.17, 15) is 8.78 Å². The number of nitrogens with two attached hydrogens (primary N) is 1. The Hall–Kier alpha value is -3.82. The Morgan fingerprint density at radius 1 is 1.15 bits per heavy atom. The molecule has 4 heterocycles. The maximum absolute atomic E-state index is 14.3. The lowest BCUT2D eigenvalue weighted by Crippen LogP contribution is -2.47. The van der Waals surface area contributed by atoms with Crippen molar-refractivity contribution < 1.29 is 18.3 Å². The van der Waals surface area contributed by atoms with Crippen molar-refractivity contribution in [2.24, 2.45) is 15.7 Å². The number of imidazole rings is 1. The van der Waals surface area contributed by atoms with Gasteiger partial charge in [0.05, 0.1) is 32.4 Å². The molecule has 1 atom stereocenters. The van der Waals surface area contributed by atoms with Crippen molar-refractivity contribution in [3.8, 4) is 11.7 Å². The van der Waals surface area contributed by atoms with E-state index in [1.54, 1.807) is 24.4 Å². The van der Waals surface area contributed by atoms with Crippen molar-refractivity contribution >= 4 is 29.2 Å². The highest BCUT2D eigenvalue weighted by Crippen LogP contribution is 2.32. The van der Waals surface area contributed by atoms with Gasteiger partial charge in [-0.05, 0) is 39.2 Å². The fourth-order valence-electron chi connectivity index (χ4n) is 4.47. The van der Waals surface area contributed by atoms with Gasteiger partial charge in [-0.1, -0.05) is 6.07 Å². The number of rotatable bonds is 9. The van der Waals surface area contributed by atoms with E-state index in [0.29, 0.717) is 56.0 Å². The Kier molecular flexibility index (Phi) is 8.14. The number of alkyl halides is 2. The summed E-state index contributed by atoms with van der Waals surface area (Å²) >= 11 is 0. The van der Waals surface area contributed by atoms with Gasteiger partial charge in [0.15, 0.2) is 11.6 Å². The van der Waals surface area contributed by atoms with Gasteiger partial charge in [0.1, 0.15) is 16.8 Å². The number of ether oxygens (including phenoxy) is 2. The summed E-state index contributed by atoms with van der Waals surface area (Å²) in [5.41, 5.74) is 6.08. The number of methoxy groups -OCH3 is 1. The fourth-order valence-corrected chi connectivity index (χ4v) is 4.47. The molecule has 15 heteroatoms. The number of para-hydroxylation sites is 1. The van der Waals surface area contributed by atoms with E-state index in [1.165, 1.54) is 11.7 Å². The van der Waals surface area contributed by atoms with Gasteiger partial charge >= 0.3 is 0 Å². The molecule has 214 valence electrons. The van der Waals surface area contributed by atoms with Crippen LogP contribution in [0.15, 0.2) is 28.2 Å². The third-order valence-electron chi connectivity index (χ3n) is 6.58. The zero-order valence-electron chi connectivity index (χ0n) is 22.7. The van der Waals surface area contributed by atoms with Crippen LogP contribution in [0.3, 0.4) is 0 Å². The third kappa shape index (κ3) is 5.71. The number of morpholine rings is 1. The standard InChI is InChI=1S/C25H33F2N11O2/c1-36(2)9-5-8-29-22-30-14-25(28,15-31-22)21-33-23(37-10-12-40-13-11-37)35-24(34-21)38-16-6-4-7-17(39-3)18(16)32-20(38)19(26)27/h4,6-7,14,19H,5,8-13,15,28H2,1-3H3,(H,29,31). The summed E-state index contributed by atoms with van der Waals surface area (Å²) < 4.78 is 40.6. The number of nitrogens with one attached hydrogen (secondary N) is 1. The van der Waals surface area contributed by atoms with E-state index in [-0.39, 0.29) is 23.8 Å². The van der Waals surface area contributed by atoms with Crippen molar-refractivity contribution in [2.75, 3.05) is 72.0 Å². The van der Waals surface area contributed by atoms with Crippen LogP contribution in [0.5, 0.6) is 5.75 Å². The molecule has 2 aromatic heterocycles. The topological polar surface area (TPSA) is 144 Å². The van der Waals surface area contributed by atoms with Gasteiger partial charge < -0.3 is 30.3 Å². The molecule has 0 radical (unpaired) electrons. The zero-order valence-corrected chi connectivity index (χ0v) is 22.7. The molecule has 40 heavy (non-hydrogen) atoms. The maximum atomic E-state index is 14.3. The molecule has 0 spiro atoms. The second kappa shape index (κ2) is 11.7. The van der Waals surface area contributed by atoms with E-state index >= 15 is 0 Å². The summed E-state index contributed by atoms with van der Waals surface area (Å²) in [5.74, 6) is 0.722. The molecule has 3 N–H and O–H groups in total. The van der Waals surface area contributed by atoms with Gasteiger partial charge in [-0.2, -0.15) is 15.0 Å². The molecular formula is C25H33F2N11O2. The lowest BCUT2D eigenvalue weighted by atomic mass is 10.0. The van der Waals surface area contributed by atoms with Crippen LogP contribution in [0.4, 0.5) is 14.7 Å². The van der Waals surface area contributed by atoms with Crippen molar-refractivity contribution in [3.63, 3.8) is 0 Å². The molecule has 0 amide bonds. The van der Waals surface area contributed by atoms with E-state index in [2.05, 4.69) is 40.1 Å². The monoisotopic (exact) mass is 557 g/mol. The lowest BCUT2D eigenvalue weighted by Gasteiger charge is -2.29. The van der Waals surface area contributed by atoms with Crippen LogP contribution in [0, 0.1) is 0 Å². The maximum Gasteiger partial charge on any atom is 0.296 e. The minimum Gasteiger partial charge on any atom is -0.494 e. The van der Waals surface area contributed by atoms with Crippen molar-refractivity contribution in [3.05, 3.63) is 29.8 Å². The quantitative estimate of drug-likeness (QED) is 0.367. The van der Waals surface area contributed by atoms with E-state index in [4.69, 9.17) is 15.2 Å². The number of anilines is 1. The predicted molar refractivity (Wildman–Crippen MR) is 147 cm³/mol. The second-order valence-corrected chi connectivity index (χ2v) is 9.81. The average molecular weight is 558 g/mol. The molecule has 3 aromatic rings. The Labute approximate surface area is 230 Å². The summed E-state index contributed by atoms with van der Waals surface area (Å²) in [6.07, 6.45) is -0.442. The Morgan fingerprint density at radius 2 is 1.93 bits per heavy atom. The number of hydrogen-bond donors (Lipinski definition) is 2. The minimum absolute atomic E-state index is 0.0349. The summed E-state index contributed by atoms with van der Waals surface area (Å²) in [7, 11) is 5.49. The zero-order chi connectivity index (χ0) is 28.3. The smallest absolute Gasteiger partial charge is 0.296 e. The Bertz CT molecular complexity index is 1400. The molecule has 5 rings (SSSR count). The highest BCUT2D eigenvalue weighted by atomic mass is 19.3. The van der Waals surface area contributed by atoms with Gasteiger partial charge in [-0.15, -0.1) is 0 Å². The van der Waals surface area contributed by atoms with Gasteiger partial charge in [0, 0.05) is 25.8 Å². The van der Waals surface area contributed by atoms with Crippen LogP contribution in [0.1, 0.15) is 24.5 Å². The number of fused-ring (bicyclic) bond motifs is 1. The normalized spacial score (nSPS) is 19.5. The largest absolute Gasteiger partial charge is 0.494 e. The van der Waals surface area contributed by atoms with Crippen molar-refractivity contribution in [1.82, 2.24) is 34.7 Å². The van der Waals surface area contributed by atoms with Crippen molar-refractivity contribution in [1.29, 1.82) is 0 Å². The van der Waals surface area contributed by atoms with Crippen molar-refractivity contribution in [2.45, 2.75) is 18.4 Å². The van der Waals surface area contributed by atoms with Gasteiger partial charge in [-0.25, -0.2) is 23.7 Å². The number of benzene rings is 1.